The summed E-state index contributed by atoms with van der Waals surface area (Å²) < 4.78 is 0. The standard InChI is InChI=1S/C7H14N.C3H5O.W/c1-7-3-5-8(2)6-4-7;1-3(2)4;/h7H,2-6H2,1H3;1H2,2H3;/q2*-1;+2. The Morgan fingerprint density at radius 3 is 1.92 bits per heavy atom. The third-order valence-electron chi connectivity index (χ3n) is 1.88. The Morgan fingerprint density at radius 2 is 1.69 bits per heavy atom. The number of rotatable bonds is 0. The maximum atomic E-state index is 9.33. The second-order valence-corrected chi connectivity index (χ2v) is 3.50. The molecule has 0 bridgehead atoms. The van der Waals surface area contributed by atoms with Crippen LogP contribution in [0, 0.1) is 19.9 Å². The normalized spacial score (nSPS) is 18.1. The maximum absolute atomic E-state index is 9.33. The van der Waals surface area contributed by atoms with Gasteiger partial charge in [-0.15, -0.1) is 0 Å². The molecular formula is C10H19NOW. The Morgan fingerprint density at radius 1 is 1.38 bits per heavy atom. The van der Waals surface area contributed by atoms with Gasteiger partial charge in [0.25, 0.3) is 0 Å². The second kappa shape index (κ2) is 8.77. The van der Waals surface area contributed by atoms with Crippen LogP contribution in [0.15, 0.2) is 0 Å². The molecule has 0 amide bonds. The van der Waals surface area contributed by atoms with Crippen LogP contribution >= 0.6 is 0 Å². The number of hydrogen-bond acceptors (Lipinski definition) is 2. The first kappa shape index (κ1) is 15.7. The van der Waals surface area contributed by atoms with Crippen molar-refractivity contribution in [3.63, 3.8) is 0 Å². The predicted molar refractivity (Wildman–Crippen MR) is 51.4 cm³/mol. The fourth-order valence-corrected chi connectivity index (χ4v) is 1.06. The molecule has 1 fully saturated rings. The molecule has 1 aliphatic heterocycles. The number of piperidine rings is 1. The van der Waals surface area contributed by atoms with Crippen LogP contribution < -0.4 is 0 Å². The van der Waals surface area contributed by atoms with Crippen molar-refractivity contribution in [2.75, 3.05) is 13.1 Å². The molecule has 76 valence electrons. The van der Waals surface area contributed by atoms with Crippen LogP contribution in [0.25, 0.3) is 0 Å². The van der Waals surface area contributed by atoms with Crippen LogP contribution in [-0.2, 0) is 25.9 Å². The number of likely N-dealkylation sites (tertiary alicyclic amines) is 1. The van der Waals surface area contributed by atoms with Gasteiger partial charge in [-0.25, -0.2) is 0 Å². The van der Waals surface area contributed by atoms with Crippen molar-refractivity contribution in [3.8, 4) is 0 Å². The molecule has 0 N–H and O–H groups in total. The molecular weight excluding hydrogens is 334 g/mol. The minimum atomic E-state index is -0.0833. The van der Waals surface area contributed by atoms with Crippen molar-refractivity contribution in [2.45, 2.75) is 26.7 Å². The van der Waals surface area contributed by atoms with Crippen LogP contribution in [0.5, 0.6) is 0 Å². The van der Waals surface area contributed by atoms with E-state index < -0.39 is 0 Å². The van der Waals surface area contributed by atoms with Crippen LogP contribution in [0.3, 0.4) is 0 Å². The first-order valence-electron chi connectivity index (χ1n) is 4.40. The molecule has 0 atom stereocenters. The molecule has 0 aliphatic carbocycles. The van der Waals surface area contributed by atoms with E-state index in [9.17, 15) is 4.79 Å². The number of ketones is 1. The van der Waals surface area contributed by atoms with E-state index in [2.05, 4.69) is 25.8 Å². The van der Waals surface area contributed by atoms with Crippen LogP contribution in [0.1, 0.15) is 26.7 Å². The summed E-state index contributed by atoms with van der Waals surface area (Å²) in [5.74, 6) is 0.855. The summed E-state index contributed by atoms with van der Waals surface area (Å²) in [6.45, 7) is 9.12. The van der Waals surface area contributed by atoms with Gasteiger partial charge in [-0.05, 0) is 44.6 Å². The summed E-state index contributed by atoms with van der Waals surface area (Å²) in [5, 5.41) is 0. The van der Waals surface area contributed by atoms with Gasteiger partial charge in [-0.2, -0.15) is 0 Å². The van der Waals surface area contributed by atoms with E-state index in [1.54, 1.807) is 0 Å². The Hall–Kier alpha value is 0.188. The zero-order valence-electron chi connectivity index (χ0n) is 8.58. The predicted octanol–water partition coefficient (Wildman–Crippen LogP) is 1.92. The van der Waals surface area contributed by atoms with Crippen molar-refractivity contribution in [1.82, 2.24) is 4.90 Å². The summed E-state index contributed by atoms with van der Waals surface area (Å²) in [7, 11) is 3.87. The van der Waals surface area contributed by atoms with Gasteiger partial charge in [0.05, 0.1) is 0 Å². The van der Waals surface area contributed by atoms with E-state index in [0.29, 0.717) is 0 Å². The summed E-state index contributed by atoms with van der Waals surface area (Å²) in [5.41, 5.74) is 0. The van der Waals surface area contributed by atoms with Crippen LogP contribution in [0.2, 0.25) is 0 Å². The van der Waals surface area contributed by atoms with Gasteiger partial charge in [0, 0.05) is 0 Å². The zero-order chi connectivity index (χ0) is 9.56. The minimum Gasteiger partial charge on any atom is -0.459 e. The third kappa shape index (κ3) is 12.2. The molecule has 0 aromatic rings. The van der Waals surface area contributed by atoms with Crippen LogP contribution in [-0.4, -0.2) is 23.8 Å². The van der Waals surface area contributed by atoms with Crippen molar-refractivity contribution < 1.29 is 25.9 Å². The Bertz CT molecular complexity index is 117. The SMILES string of the molecule is [CH2-]C(C)=O.[CH2-]N1CCC(C)CC1.[W+2]. The molecule has 0 saturated carbocycles. The number of hydrogen-bond donors (Lipinski definition) is 0. The summed E-state index contributed by atoms with van der Waals surface area (Å²) >= 11 is 0. The first-order valence-corrected chi connectivity index (χ1v) is 4.40. The monoisotopic (exact) mass is 353 g/mol. The molecule has 0 unspecified atom stereocenters. The third-order valence-corrected chi connectivity index (χ3v) is 1.88. The van der Waals surface area contributed by atoms with E-state index in [0.717, 1.165) is 5.92 Å². The van der Waals surface area contributed by atoms with Crippen molar-refractivity contribution in [3.05, 3.63) is 14.0 Å². The van der Waals surface area contributed by atoms with Crippen molar-refractivity contribution >= 4 is 5.78 Å². The second-order valence-electron chi connectivity index (χ2n) is 3.50. The molecule has 0 radical (unpaired) electrons. The smallest absolute Gasteiger partial charge is 0.459 e. The van der Waals surface area contributed by atoms with Crippen molar-refractivity contribution in [2.24, 2.45) is 5.92 Å². The molecule has 1 heterocycles. The number of carbonyl (C=O) groups is 1. The molecule has 2 nitrogen and oxygen atoms in total. The summed E-state index contributed by atoms with van der Waals surface area (Å²) in [6.07, 6.45) is 2.67. The van der Waals surface area contributed by atoms with E-state index in [1.165, 1.54) is 32.9 Å². The van der Waals surface area contributed by atoms with Gasteiger partial charge in [0.2, 0.25) is 0 Å². The minimum absolute atomic E-state index is 0. The average molecular weight is 353 g/mol. The van der Waals surface area contributed by atoms with Gasteiger partial charge in [-0.3, -0.25) is 7.05 Å². The van der Waals surface area contributed by atoms with E-state index >= 15 is 0 Å². The molecule has 0 spiro atoms. The average Bonchev–Trinajstić information content (AvgIpc) is 1.94. The van der Waals surface area contributed by atoms with E-state index in [-0.39, 0.29) is 26.8 Å². The molecule has 13 heavy (non-hydrogen) atoms. The van der Waals surface area contributed by atoms with Gasteiger partial charge in [0.15, 0.2) is 0 Å². The molecule has 1 rings (SSSR count). The van der Waals surface area contributed by atoms with Crippen molar-refractivity contribution in [1.29, 1.82) is 0 Å². The fourth-order valence-electron chi connectivity index (χ4n) is 1.06. The molecule has 1 aliphatic rings. The number of carbonyl (C=O) groups excluding carboxylic acids is 1. The van der Waals surface area contributed by atoms with Gasteiger partial charge in [0.1, 0.15) is 0 Å². The van der Waals surface area contributed by atoms with Gasteiger partial charge < -0.3 is 16.6 Å². The number of Topliss-reactive ketones (excluding diaryl/α,β-unsaturated/α-hetero) is 1. The molecule has 3 heteroatoms. The largest absolute Gasteiger partial charge is 2.00 e. The fraction of sp³-hybridized carbons (Fsp3) is 0.700. The Kier molecular flexibility index (Phi) is 10.6. The summed E-state index contributed by atoms with van der Waals surface area (Å²) in [4.78, 5) is 11.5. The first-order chi connectivity index (χ1) is 5.52. The molecule has 0 aromatic heterocycles. The zero-order valence-corrected chi connectivity index (χ0v) is 11.5. The Labute approximate surface area is 96.3 Å². The Balaban J connectivity index is 0. The van der Waals surface area contributed by atoms with Crippen LogP contribution in [0.4, 0.5) is 0 Å². The maximum Gasteiger partial charge on any atom is 2.00 e. The summed E-state index contributed by atoms with van der Waals surface area (Å²) in [6, 6.07) is 0. The van der Waals surface area contributed by atoms with Gasteiger partial charge in [-0.1, -0.05) is 6.92 Å². The molecule has 0 aromatic carbocycles. The van der Waals surface area contributed by atoms with E-state index in [4.69, 9.17) is 0 Å². The molecule has 1 saturated heterocycles. The topological polar surface area (TPSA) is 20.3 Å². The quantitative estimate of drug-likeness (QED) is 0.621. The van der Waals surface area contributed by atoms with E-state index in [1.807, 2.05) is 0 Å². The number of nitrogens with zero attached hydrogens (tertiary/aromatic N) is 1. The van der Waals surface area contributed by atoms with Gasteiger partial charge >= 0.3 is 21.1 Å².